The lowest BCUT2D eigenvalue weighted by atomic mass is 10.1. The summed E-state index contributed by atoms with van der Waals surface area (Å²) in [6.07, 6.45) is -1.66. The van der Waals surface area contributed by atoms with Crippen LogP contribution in [0.3, 0.4) is 0 Å². The zero-order valence-electron chi connectivity index (χ0n) is 10.1. The smallest absolute Gasteiger partial charge is 0.269 e. The number of hydrogen-bond acceptors (Lipinski definition) is 6. The number of aliphatic hydroxyl groups excluding tert-OH is 2. The maximum absolute atomic E-state index is 11.9. The standard InChI is InChI=1S/C12H14N2O5/c15-10(5-13-6-11(16)12(17)7-13)8-1-3-9(4-2-8)14(18)19/h1-4,11-12,16-17H,5-7H2. The SMILES string of the molecule is O=C(CN1CC(O)C(O)C1)c1ccc([N+](=O)[O-])cc1. The lowest BCUT2D eigenvalue weighted by molar-refractivity contribution is -0.384. The van der Waals surface area contributed by atoms with E-state index >= 15 is 0 Å². The average molecular weight is 266 g/mol. The van der Waals surface area contributed by atoms with Gasteiger partial charge in [-0.2, -0.15) is 0 Å². The number of carbonyl (C=O) groups excluding carboxylic acids is 1. The molecule has 1 aromatic rings. The summed E-state index contributed by atoms with van der Waals surface area (Å²) in [4.78, 5) is 23.5. The number of rotatable bonds is 4. The molecule has 2 atom stereocenters. The predicted molar refractivity (Wildman–Crippen MR) is 65.9 cm³/mol. The van der Waals surface area contributed by atoms with E-state index in [2.05, 4.69) is 0 Å². The monoisotopic (exact) mass is 266 g/mol. The maximum atomic E-state index is 11.9. The Labute approximate surface area is 109 Å². The molecule has 0 radical (unpaired) electrons. The van der Waals surface area contributed by atoms with Crippen LogP contribution in [0.15, 0.2) is 24.3 Å². The van der Waals surface area contributed by atoms with Crippen molar-refractivity contribution in [2.75, 3.05) is 19.6 Å². The van der Waals surface area contributed by atoms with Gasteiger partial charge in [0.25, 0.3) is 5.69 Å². The second kappa shape index (κ2) is 5.43. The first-order valence-corrected chi connectivity index (χ1v) is 5.83. The van der Waals surface area contributed by atoms with Crippen LogP contribution in [0.25, 0.3) is 0 Å². The molecule has 1 aliphatic rings. The van der Waals surface area contributed by atoms with Crippen molar-refractivity contribution in [2.24, 2.45) is 0 Å². The predicted octanol–water partition coefficient (Wildman–Crippen LogP) is -0.185. The molecule has 102 valence electrons. The van der Waals surface area contributed by atoms with E-state index in [-0.39, 0.29) is 31.1 Å². The Morgan fingerprint density at radius 3 is 2.26 bits per heavy atom. The molecule has 0 amide bonds. The van der Waals surface area contributed by atoms with Crippen LogP contribution in [0.4, 0.5) is 5.69 Å². The largest absolute Gasteiger partial charge is 0.389 e. The maximum Gasteiger partial charge on any atom is 0.269 e. The van der Waals surface area contributed by atoms with Gasteiger partial charge in [0.2, 0.25) is 0 Å². The Balaban J connectivity index is 1.98. The van der Waals surface area contributed by atoms with Gasteiger partial charge in [0, 0.05) is 30.8 Å². The van der Waals surface area contributed by atoms with Crippen molar-refractivity contribution in [1.82, 2.24) is 4.90 Å². The highest BCUT2D eigenvalue weighted by atomic mass is 16.6. The van der Waals surface area contributed by atoms with E-state index in [4.69, 9.17) is 0 Å². The first kappa shape index (κ1) is 13.6. The van der Waals surface area contributed by atoms with Gasteiger partial charge in [-0.05, 0) is 12.1 Å². The van der Waals surface area contributed by atoms with Gasteiger partial charge in [0.05, 0.1) is 23.7 Å². The fraction of sp³-hybridized carbons (Fsp3) is 0.417. The Morgan fingerprint density at radius 1 is 1.26 bits per heavy atom. The van der Waals surface area contributed by atoms with E-state index in [1.165, 1.54) is 24.3 Å². The molecule has 0 aliphatic carbocycles. The van der Waals surface area contributed by atoms with Gasteiger partial charge in [-0.25, -0.2) is 0 Å². The summed E-state index contributed by atoms with van der Waals surface area (Å²) >= 11 is 0. The summed E-state index contributed by atoms with van der Waals surface area (Å²) in [7, 11) is 0. The van der Waals surface area contributed by atoms with Gasteiger partial charge in [-0.15, -0.1) is 0 Å². The Morgan fingerprint density at radius 2 is 1.79 bits per heavy atom. The van der Waals surface area contributed by atoms with E-state index < -0.39 is 17.1 Å². The van der Waals surface area contributed by atoms with E-state index in [1.54, 1.807) is 4.90 Å². The topological polar surface area (TPSA) is 104 Å². The molecule has 1 saturated heterocycles. The van der Waals surface area contributed by atoms with E-state index in [0.29, 0.717) is 5.56 Å². The van der Waals surface area contributed by atoms with Gasteiger partial charge in [0.1, 0.15) is 0 Å². The van der Waals surface area contributed by atoms with Crippen LogP contribution in [0, 0.1) is 10.1 Å². The first-order valence-electron chi connectivity index (χ1n) is 5.83. The second-order valence-corrected chi connectivity index (χ2v) is 4.56. The molecule has 0 saturated carbocycles. The molecule has 1 aliphatic heterocycles. The molecule has 7 heteroatoms. The molecule has 0 bridgehead atoms. The molecule has 1 aromatic carbocycles. The van der Waals surface area contributed by atoms with Gasteiger partial charge < -0.3 is 10.2 Å². The van der Waals surface area contributed by atoms with Crippen molar-refractivity contribution in [2.45, 2.75) is 12.2 Å². The third-order valence-corrected chi connectivity index (χ3v) is 3.10. The lowest BCUT2D eigenvalue weighted by Gasteiger charge is -2.13. The van der Waals surface area contributed by atoms with Crippen molar-refractivity contribution in [3.63, 3.8) is 0 Å². The van der Waals surface area contributed by atoms with Crippen LogP contribution >= 0.6 is 0 Å². The molecule has 7 nitrogen and oxygen atoms in total. The third kappa shape index (κ3) is 3.14. The number of nitro benzene ring substituents is 1. The Bertz CT molecular complexity index is 477. The number of β-amino-alcohol motifs (C(OH)–C–C–N with tert-alkyl or cyclic N) is 2. The Hall–Kier alpha value is -1.83. The number of nitrogens with zero attached hydrogens (tertiary/aromatic N) is 2. The molecule has 19 heavy (non-hydrogen) atoms. The zero-order valence-corrected chi connectivity index (χ0v) is 10.1. The molecular formula is C12H14N2O5. The molecule has 0 aromatic heterocycles. The molecule has 2 rings (SSSR count). The van der Waals surface area contributed by atoms with E-state index in [1.807, 2.05) is 0 Å². The van der Waals surface area contributed by atoms with Crippen LogP contribution < -0.4 is 0 Å². The van der Waals surface area contributed by atoms with Crippen molar-refractivity contribution >= 4 is 11.5 Å². The number of nitro groups is 1. The van der Waals surface area contributed by atoms with Crippen molar-refractivity contribution < 1.29 is 19.9 Å². The highest BCUT2D eigenvalue weighted by molar-refractivity contribution is 5.97. The summed E-state index contributed by atoms with van der Waals surface area (Å²) in [6.45, 7) is 0.575. The van der Waals surface area contributed by atoms with Crippen molar-refractivity contribution in [1.29, 1.82) is 0 Å². The lowest BCUT2D eigenvalue weighted by Crippen LogP contribution is -2.28. The molecule has 1 fully saturated rings. The average Bonchev–Trinajstić information content (AvgIpc) is 2.68. The number of aliphatic hydroxyl groups is 2. The number of likely N-dealkylation sites (tertiary alicyclic amines) is 1. The van der Waals surface area contributed by atoms with Crippen LogP contribution in [-0.4, -0.2) is 57.7 Å². The van der Waals surface area contributed by atoms with Crippen molar-refractivity contribution in [3.8, 4) is 0 Å². The van der Waals surface area contributed by atoms with Crippen molar-refractivity contribution in [3.05, 3.63) is 39.9 Å². The molecule has 0 spiro atoms. The summed E-state index contributed by atoms with van der Waals surface area (Å²) in [6, 6.07) is 5.37. The van der Waals surface area contributed by atoms with Gasteiger partial charge in [-0.1, -0.05) is 0 Å². The number of ketones is 1. The number of Topliss-reactive ketones (excluding diaryl/α,β-unsaturated/α-hetero) is 1. The summed E-state index contributed by atoms with van der Waals surface area (Å²) in [5, 5.41) is 29.2. The zero-order chi connectivity index (χ0) is 14.0. The van der Waals surface area contributed by atoms with Crippen LogP contribution in [0.2, 0.25) is 0 Å². The Kier molecular flexibility index (Phi) is 3.89. The summed E-state index contributed by atoms with van der Waals surface area (Å²) in [5.41, 5.74) is 0.310. The molecular weight excluding hydrogens is 252 g/mol. The number of benzene rings is 1. The first-order chi connectivity index (χ1) is 8.97. The van der Waals surface area contributed by atoms with Crippen LogP contribution in [0.5, 0.6) is 0 Å². The number of carbonyl (C=O) groups is 1. The summed E-state index contributed by atoms with van der Waals surface area (Å²) in [5.74, 6) is -0.198. The highest BCUT2D eigenvalue weighted by Crippen LogP contribution is 2.14. The van der Waals surface area contributed by atoms with Crippen LogP contribution in [0.1, 0.15) is 10.4 Å². The molecule has 2 unspecified atom stereocenters. The highest BCUT2D eigenvalue weighted by Gasteiger charge is 2.30. The van der Waals surface area contributed by atoms with Gasteiger partial charge >= 0.3 is 0 Å². The number of hydrogen-bond donors (Lipinski definition) is 2. The molecule has 2 N–H and O–H groups in total. The van der Waals surface area contributed by atoms with Gasteiger partial charge in [0.15, 0.2) is 5.78 Å². The fourth-order valence-electron chi connectivity index (χ4n) is 2.04. The van der Waals surface area contributed by atoms with E-state index in [9.17, 15) is 25.1 Å². The minimum absolute atomic E-state index is 0.0661. The quantitative estimate of drug-likeness (QED) is 0.445. The van der Waals surface area contributed by atoms with Crippen LogP contribution in [-0.2, 0) is 0 Å². The fourth-order valence-corrected chi connectivity index (χ4v) is 2.04. The molecule has 1 heterocycles. The minimum atomic E-state index is -0.829. The summed E-state index contributed by atoms with van der Waals surface area (Å²) < 4.78 is 0. The number of non-ortho nitro benzene ring substituents is 1. The third-order valence-electron chi connectivity index (χ3n) is 3.10. The van der Waals surface area contributed by atoms with Gasteiger partial charge in [-0.3, -0.25) is 19.8 Å². The normalized spacial score (nSPS) is 23.5. The minimum Gasteiger partial charge on any atom is -0.389 e. The van der Waals surface area contributed by atoms with E-state index in [0.717, 1.165) is 0 Å². The second-order valence-electron chi connectivity index (χ2n) is 4.56.